The van der Waals surface area contributed by atoms with Crippen LogP contribution in [0.4, 0.5) is 0 Å². The number of esters is 2. The van der Waals surface area contributed by atoms with E-state index in [0.717, 1.165) is 18.4 Å². The van der Waals surface area contributed by atoms with Gasteiger partial charge in [0, 0.05) is 29.3 Å². The molecule has 0 saturated heterocycles. The summed E-state index contributed by atoms with van der Waals surface area (Å²) in [6.07, 6.45) is 3.25. The highest BCUT2D eigenvalue weighted by Crippen LogP contribution is 2.21. The summed E-state index contributed by atoms with van der Waals surface area (Å²) in [5, 5.41) is 1.13. The number of carbonyl (C=O) groups is 2. The summed E-state index contributed by atoms with van der Waals surface area (Å²) in [6, 6.07) is 5.21. The molecule has 0 aliphatic carbocycles. The van der Waals surface area contributed by atoms with Gasteiger partial charge in [0.25, 0.3) is 0 Å². The second kappa shape index (κ2) is 11.3. The number of ether oxygens (including phenoxy) is 2. The van der Waals surface area contributed by atoms with Crippen molar-refractivity contribution in [2.45, 2.75) is 45.4 Å². The van der Waals surface area contributed by atoms with Gasteiger partial charge in [-0.1, -0.05) is 42.6 Å². The lowest BCUT2D eigenvalue weighted by Gasteiger charge is -2.07. The van der Waals surface area contributed by atoms with E-state index in [1.165, 1.54) is 0 Å². The Hall–Kier alpha value is -1.26. The lowest BCUT2D eigenvalue weighted by Crippen LogP contribution is -2.10. The molecule has 128 valence electrons. The van der Waals surface area contributed by atoms with Crippen molar-refractivity contribution in [3.8, 4) is 0 Å². The van der Waals surface area contributed by atoms with Crippen molar-refractivity contribution in [3.05, 3.63) is 33.8 Å². The lowest BCUT2D eigenvalue weighted by atomic mass is 10.1. The zero-order valence-corrected chi connectivity index (χ0v) is 14.8. The van der Waals surface area contributed by atoms with E-state index in [0.29, 0.717) is 29.5 Å². The van der Waals surface area contributed by atoms with E-state index >= 15 is 0 Å². The molecule has 1 rings (SSSR count). The van der Waals surface area contributed by atoms with Gasteiger partial charge in [0.15, 0.2) is 0 Å². The van der Waals surface area contributed by atoms with Crippen molar-refractivity contribution in [1.82, 2.24) is 0 Å². The zero-order chi connectivity index (χ0) is 17.1. The minimum absolute atomic E-state index is 0.206. The van der Waals surface area contributed by atoms with Crippen molar-refractivity contribution in [1.29, 1.82) is 0 Å². The molecule has 0 unspecified atom stereocenters. The number of halogens is 2. The average Bonchev–Trinajstić information content (AvgIpc) is 2.50. The van der Waals surface area contributed by atoms with Crippen LogP contribution in [0, 0.1) is 0 Å². The Morgan fingerprint density at radius 2 is 1.65 bits per heavy atom. The van der Waals surface area contributed by atoms with Crippen LogP contribution in [0.15, 0.2) is 18.2 Å². The van der Waals surface area contributed by atoms with Crippen LogP contribution in [0.5, 0.6) is 0 Å². The monoisotopic (exact) mass is 360 g/mol. The summed E-state index contributed by atoms with van der Waals surface area (Å²) in [6.45, 7) is 2.73. The molecule has 1 aromatic carbocycles. The maximum Gasteiger partial charge on any atom is 0.305 e. The maximum absolute atomic E-state index is 11.6. The maximum atomic E-state index is 11.6. The summed E-state index contributed by atoms with van der Waals surface area (Å²) in [7, 11) is 0. The van der Waals surface area contributed by atoms with Crippen LogP contribution in [-0.4, -0.2) is 25.2 Å². The van der Waals surface area contributed by atoms with E-state index in [1.54, 1.807) is 12.1 Å². The first-order valence-corrected chi connectivity index (χ1v) is 8.53. The van der Waals surface area contributed by atoms with Crippen LogP contribution < -0.4 is 0 Å². The molecule has 6 heteroatoms. The Balaban J connectivity index is 2.13. The molecular formula is C17H22Cl2O4. The second-order valence-electron chi connectivity index (χ2n) is 5.13. The van der Waals surface area contributed by atoms with Gasteiger partial charge in [-0.3, -0.25) is 9.59 Å². The topological polar surface area (TPSA) is 52.6 Å². The molecule has 4 nitrogen and oxygen atoms in total. The fraction of sp³-hybridized carbons (Fsp3) is 0.529. The number of hydrogen-bond acceptors (Lipinski definition) is 4. The fourth-order valence-corrected chi connectivity index (χ4v) is 2.35. The van der Waals surface area contributed by atoms with Gasteiger partial charge in [-0.05, 0) is 30.5 Å². The highest BCUT2D eigenvalue weighted by molar-refractivity contribution is 6.35. The van der Waals surface area contributed by atoms with Crippen LogP contribution in [-0.2, 0) is 25.5 Å². The first kappa shape index (κ1) is 19.8. The molecule has 0 radical (unpaired) electrons. The van der Waals surface area contributed by atoms with E-state index in [-0.39, 0.29) is 31.4 Å². The Labute approximate surface area is 147 Å². The van der Waals surface area contributed by atoms with Gasteiger partial charge in [0.05, 0.1) is 13.2 Å². The SMILES string of the molecule is CCCCOC(=O)CCCC(=O)OCCc1ccc(Cl)cc1Cl. The smallest absolute Gasteiger partial charge is 0.305 e. The molecule has 0 fully saturated rings. The zero-order valence-electron chi connectivity index (χ0n) is 13.3. The molecule has 0 aliphatic rings. The summed E-state index contributed by atoms with van der Waals surface area (Å²) in [5.74, 6) is -0.587. The van der Waals surface area contributed by atoms with Crippen LogP contribution in [0.1, 0.15) is 44.6 Å². The van der Waals surface area contributed by atoms with Crippen LogP contribution >= 0.6 is 23.2 Å². The van der Waals surface area contributed by atoms with Gasteiger partial charge in [-0.15, -0.1) is 0 Å². The quantitative estimate of drug-likeness (QED) is 0.452. The Morgan fingerprint density at radius 1 is 1.00 bits per heavy atom. The van der Waals surface area contributed by atoms with E-state index in [2.05, 4.69) is 0 Å². The van der Waals surface area contributed by atoms with Gasteiger partial charge in [0.1, 0.15) is 0 Å². The fourth-order valence-electron chi connectivity index (χ4n) is 1.85. The lowest BCUT2D eigenvalue weighted by molar-refractivity contribution is -0.145. The van der Waals surface area contributed by atoms with Gasteiger partial charge in [0.2, 0.25) is 0 Å². The van der Waals surface area contributed by atoms with Crippen molar-refractivity contribution in [2.24, 2.45) is 0 Å². The number of unbranched alkanes of at least 4 members (excludes halogenated alkanes) is 1. The predicted molar refractivity (Wildman–Crippen MR) is 90.8 cm³/mol. The molecule has 1 aromatic rings. The molecule has 0 amide bonds. The standard InChI is InChI=1S/C17H22Cl2O4/c1-2-3-10-22-16(20)5-4-6-17(21)23-11-9-13-7-8-14(18)12-15(13)19/h7-8,12H,2-6,9-11H2,1H3. The first-order valence-electron chi connectivity index (χ1n) is 7.78. The van der Waals surface area contributed by atoms with Gasteiger partial charge >= 0.3 is 11.9 Å². The molecule has 0 saturated carbocycles. The van der Waals surface area contributed by atoms with Crippen molar-refractivity contribution in [3.63, 3.8) is 0 Å². The third kappa shape index (κ3) is 8.82. The van der Waals surface area contributed by atoms with Crippen LogP contribution in [0.25, 0.3) is 0 Å². The third-order valence-corrected chi connectivity index (χ3v) is 3.76. The molecule has 0 aromatic heterocycles. The van der Waals surface area contributed by atoms with Gasteiger partial charge < -0.3 is 9.47 Å². The summed E-state index contributed by atoms with van der Waals surface area (Å²) in [5.41, 5.74) is 0.878. The minimum Gasteiger partial charge on any atom is -0.466 e. The predicted octanol–water partition coefficient (Wildman–Crippen LogP) is 4.59. The highest BCUT2D eigenvalue weighted by atomic mass is 35.5. The largest absolute Gasteiger partial charge is 0.466 e. The van der Waals surface area contributed by atoms with E-state index in [9.17, 15) is 9.59 Å². The molecular weight excluding hydrogens is 339 g/mol. The van der Waals surface area contributed by atoms with E-state index < -0.39 is 0 Å². The molecule has 0 bridgehead atoms. The van der Waals surface area contributed by atoms with E-state index in [1.807, 2.05) is 13.0 Å². The van der Waals surface area contributed by atoms with Crippen molar-refractivity contribution >= 4 is 35.1 Å². The number of carbonyl (C=O) groups excluding carboxylic acids is 2. The molecule has 0 spiro atoms. The number of hydrogen-bond donors (Lipinski definition) is 0. The molecule has 0 atom stereocenters. The second-order valence-corrected chi connectivity index (χ2v) is 5.98. The summed E-state index contributed by atoms with van der Waals surface area (Å²) >= 11 is 11.9. The van der Waals surface area contributed by atoms with E-state index in [4.69, 9.17) is 32.7 Å². The minimum atomic E-state index is -0.323. The molecule has 23 heavy (non-hydrogen) atoms. The highest BCUT2D eigenvalue weighted by Gasteiger charge is 2.08. The first-order chi connectivity index (χ1) is 11.0. The Bertz CT molecular complexity index is 517. The average molecular weight is 361 g/mol. The molecule has 0 N–H and O–H groups in total. The van der Waals surface area contributed by atoms with Gasteiger partial charge in [-0.25, -0.2) is 0 Å². The number of benzene rings is 1. The van der Waals surface area contributed by atoms with Gasteiger partial charge in [-0.2, -0.15) is 0 Å². The molecule has 0 heterocycles. The number of rotatable bonds is 10. The summed E-state index contributed by atoms with van der Waals surface area (Å²) < 4.78 is 10.1. The summed E-state index contributed by atoms with van der Waals surface area (Å²) in [4.78, 5) is 22.9. The van der Waals surface area contributed by atoms with Crippen LogP contribution in [0.2, 0.25) is 10.0 Å². The molecule has 0 aliphatic heterocycles. The third-order valence-electron chi connectivity index (χ3n) is 3.17. The normalized spacial score (nSPS) is 10.4. The Kier molecular flexibility index (Phi) is 9.72. The van der Waals surface area contributed by atoms with Crippen molar-refractivity contribution < 1.29 is 19.1 Å². The van der Waals surface area contributed by atoms with Crippen molar-refractivity contribution in [2.75, 3.05) is 13.2 Å². The Morgan fingerprint density at radius 3 is 2.26 bits per heavy atom. The van der Waals surface area contributed by atoms with Crippen LogP contribution in [0.3, 0.4) is 0 Å².